The standard InChI is InChI=1S/C58H31N3/c59-28-31-25-45-53(56-47(31)49-34-15-4-8-19-38(34)51(56)39-20-9-5-16-35(39)49)44-27-43-33(30-13-2-1-3-14-30)23-12-24-42(43)54-55-46(61(45)58(44)54)26-32(29-60)48-50-36-17-6-10-21-40(36)52(57(48)55)41-22-11-7-18-37(41)50/h1-27,49-52H. The topological polar surface area (TPSA) is 52.0 Å². The third-order valence-corrected chi connectivity index (χ3v) is 15.1. The summed E-state index contributed by atoms with van der Waals surface area (Å²) in [5, 5.41) is 29.8. The van der Waals surface area contributed by atoms with Gasteiger partial charge in [0.25, 0.3) is 0 Å². The van der Waals surface area contributed by atoms with Crippen molar-refractivity contribution < 1.29 is 0 Å². The SMILES string of the molecule is N#Cc1cc2c(c3c1C1c4ccccc4C3c3ccccc31)c1cc3c(-c4ccccc4)cccc3c3c4c5c(c(C#N)cc4n2c13)C1c2ccccc2C5c2ccccc21. The van der Waals surface area contributed by atoms with Crippen LogP contribution in [0.15, 0.2) is 164 Å². The van der Waals surface area contributed by atoms with E-state index in [4.69, 9.17) is 0 Å². The predicted octanol–water partition coefficient (Wildman–Crippen LogP) is 13.4. The van der Waals surface area contributed by atoms with E-state index in [1.807, 2.05) is 0 Å². The Morgan fingerprint density at radius 3 is 1.26 bits per heavy atom. The van der Waals surface area contributed by atoms with Crippen LogP contribution in [0.2, 0.25) is 0 Å². The van der Waals surface area contributed by atoms with Crippen molar-refractivity contribution in [3.05, 3.63) is 242 Å². The number of nitriles is 2. The van der Waals surface area contributed by atoms with Crippen molar-refractivity contribution in [3.8, 4) is 23.3 Å². The lowest BCUT2D eigenvalue weighted by molar-refractivity contribution is 0.758. The molecule has 17 rings (SSSR count). The van der Waals surface area contributed by atoms with Gasteiger partial charge in [-0.1, -0.05) is 146 Å². The van der Waals surface area contributed by atoms with E-state index in [9.17, 15) is 10.5 Å². The Bertz CT molecular complexity index is 3830. The van der Waals surface area contributed by atoms with Crippen LogP contribution in [0, 0.1) is 22.7 Å². The van der Waals surface area contributed by atoms with Gasteiger partial charge in [0.1, 0.15) is 0 Å². The molecule has 11 aromatic rings. The molecule has 6 aliphatic rings. The van der Waals surface area contributed by atoms with Crippen LogP contribution in [0.1, 0.15) is 102 Å². The molecule has 2 heterocycles. The first-order valence-corrected chi connectivity index (χ1v) is 21.3. The van der Waals surface area contributed by atoms with Crippen LogP contribution < -0.4 is 0 Å². The minimum atomic E-state index is -0.0395. The Balaban J connectivity index is 1.20. The first-order chi connectivity index (χ1) is 30.2. The second-order valence-electron chi connectivity index (χ2n) is 17.5. The first kappa shape index (κ1) is 31.9. The molecule has 4 bridgehead atoms. The molecule has 3 nitrogen and oxygen atoms in total. The largest absolute Gasteiger partial charge is 0.308 e. The minimum absolute atomic E-state index is 0.0217. The highest BCUT2D eigenvalue weighted by Gasteiger charge is 2.47. The lowest BCUT2D eigenvalue weighted by Gasteiger charge is -2.43. The zero-order valence-corrected chi connectivity index (χ0v) is 32.7. The fourth-order valence-electron chi connectivity index (χ4n) is 13.1. The van der Waals surface area contributed by atoms with Crippen molar-refractivity contribution >= 4 is 48.9 Å². The van der Waals surface area contributed by atoms with E-state index >= 15 is 0 Å². The van der Waals surface area contributed by atoms with Crippen LogP contribution in [0.5, 0.6) is 0 Å². The number of hydrogen-bond acceptors (Lipinski definition) is 2. The number of rotatable bonds is 1. The van der Waals surface area contributed by atoms with Crippen LogP contribution in [0.3, 0.4) is 0 Å². The Morgan fingerprint density at radius 2 is 0.787 bits per heavy atom. The highest BCUT2D eigenvalue weighted by molar-refractivity contribution is 6.34. The number of aromatic nitrogens is 1. The van der Waals surface area contributed by atoms with Gasteiger partial charge in [-0.05, 0) is 107 Å². The van der Waals surface area contributed by atoms with Crippen LogP contribution in [0.4, 0.5) is 0 Å². The first-order valence-electron chi connectivity index (χ1n) is 21.3. The summed E-state index contributed by atoms with van der Waals surface area (Å²) >= 11 is 0. The van der Waals surface area contributed by atoms with Crippen LogP contribution in [-0.4, -0.2) is 4.40 Å². The van der Waals surface area contributed by atoms with Gasteiger partial charge in [0.15, 0.2) is 0 Å². The third-order valence-electron chi connectivity index (χ3n) is 15.1. The molecule has 0 spiro atoms. The van der Waals surface area contributed by atoms with E-state index in [0.29, 0.717) is 0 Å². The zero-order chi connectivity index (χ0) is 39.8. The molecule has 278 valence electrons. The van der Waals surface area contributed by atoms with Gasteiger partial charge in [-0.15, -0.1) is 0 Å². The molecule has 0 fully saturated rings. The van der Waals surface area contributed by atoms with Gasteiger partial charge in [-0.25, -0.2) is 0 Å². The summed E-state index contributed by atoms with van der Waals surface area (Å²) in [7, 11) is 0. The maximum Gasteiger partial charge on any atom is 0.0995 e. The maximum atomic E-state index is 11.3. The number of benzene rings is 9. The van der Waals surface area contributed by atoms with E-state index in [2.05, 4.69) is 180 Å². The van der Waals surface area contributed by atoms with Gasteiger partial charge in [0.05, 0.1) is 39.8 Å². The molecule has 0 N–H and O–H groups in total. The Labute approximate surface area is 350 Å². The Morgan fingerprint density at radius 1 is 0.361 bits per heavy atom. The summed E-state index contributed by atoms with van der Waals surface area (Å²) < 4.78 is 2.45. The van der Waals surface area contributed by atoms with Crippen molar-refractivity contribution in [2.24, 2.45) is 0 Å². The number of fused-ring (bicyclic) bond motifs is 8. The molecular weight excluding hydrogens is 739 g/mol. The molecule has 2 aromatic heterocycles. The quantitative estimate of drug-likeness (QED) is 0.167. The lowest BCUT2D eigenvalue weighted by atomic mass is 9.59. The second kappa shape index (κ2) is 11.0. The molecule has 0 radical (unpaired) electrons. The van der Waals surface area contributed by atoms with Gasteiger partial charge >= 0.3 is 0 Å². The van der Waals surface area contributed by atoms with E-state index < -0.39 is 0 Å². The third kappa shape index (κ3) is 3.60. The second-order valence-corrected chi connectivity index (χ2v) is 17.5. The molecule has 9 aromatic carbocycles. The van der Waals surface area contributed by atoms with E-state index in [1.165, 1.54) is 105 Å². The van der Waals surface area contributed by atoms with Crippen LogP contribution in [0.25, 0.3) is 60.0 Å². The molecule has 0 unspecified atom stereocenters. The lowest BCUT2D eigenvalue weighted by Crippen LogP contribution is -2.28. The molecule has 3 heteroatoms. The molecule has 0 amide bonds. The van der Waals surface area contributed by atoms with E-state index in [-0.39, 0.29) is 23.7 Å². The fourth-order valence-corrected chi connectivity index (χ4v) is 13.1. The highest BCUT2D eigenvalue weighted by atomic mass is 14.9. The summed E-state index contributed by atoms with van der Waals surface area (Å²) in [6.07, 6.45) is 0. The molecule has 61 heavy (non-hydrogen) atoms. The average molecular weight is 770 g/mol. The molecule has 0 saturated carbocycles. The summed E-state index contributed by atoms with van der Waals surface area (Å²) in [6.45, 7) is 0. The molecule has 6 aliphatic carbocycles. The van der Waals surface area contributed by atoms with Crippen molar-refractivity contribution in [1.82, 2.24) is 4.40 Å². The normalized spacial score (nSPS) is 18.5. The Hall–Kier alpha value is -7.98. The van der Waals surface area contributed by atoms with Crippen molar-refractivity contribution in [2.45, 2.75) is 23.7 Å². The van der Waals surface area contributed by atoms with Gasteiger partial charge in [-0.2, -0.15) is 10.5 Å². The smallest absolute Gasteiger partial charge is 0.0995 e. The summed E-state index contributed by atoms with van der Waals surface area (Å²) in [6, 6.07) is 65.5. The van der Waals surface area contributed by atoms with E-state index in [0.717, 1.165) is 33.3 Å². The van der Waals surface area contributed by atoms with Gasteiger partial charge in [0, 0.05) is 45.2 Å². The maximum absolute atomic E-state index is 11.3. The zero-order valence-electron chi connectivity index (χ0n) is 32.7. The molecule has 0 atom stereocenters. The highest BCUT2D eigenvalue weighted by Crippen LogP contribution is 2.63. The molecular formula is C58H31N3. The van der Waals surface area contributed by atoms with E-state index in [1.54, 1.807) is 0 Å². The predicted molar refractivity (Wildman–Crippen MR) is 243 cm³/mol. The Kier molecular flexibility index (Phi) is 5.75. The number of nitrogens with zero attached hydrogens (tertiary/aromatic N) is 3. The fraction of sp³-hybridized carbons (Fsp3) is 0.0690. The van der Waals surface area contributed by atoms with Crippen molar-refractivity contribution in [2.75, 3.05) is 0 Å². The summed E-state index contributed by atoms with van der Waals surface area (Å²) in [5.74, 6) is -0.124. The van der Waals surface area contributed by atoms with Gasteiger partial charge in [-0.3, -0.25) is 0 Å². The molecule has 0 saturated heterocycles. The van der Waals surface area contributed by atoms with Crippen LogP contribution in [-0.2, 0) is 0 Å². The monoisotopic (exact) mass is 769 g/mol. The van der Waals surface area contributed by atoms with Crippen molar-refractivity contribution in [3.63, 3.8) is 0 Å². The summed E-state index contributed by atoms with van der Waals surface area (Å²) in [5.41, 5.74) is 22.4. The summed E-state index contributed by atoms with van der Waals surface area (Å²) in [4.78, 5) is 0. The average Bonchev–Trinajstić information content (AvgIpc) is 3.85. The van der Waals surface area contributed by atoms with Gasteiger partial charge in [0.2, 0.25) is 0 Å². The van der Waals surface area contributed by atoms with Crippen LogP contribution >= 0.6 is 0 Å². The number of hydrogen-bond donors (Lipinski definition) is 0. The molecule has 0 aliphatic heterocycles. The van der Waals surface area contributed by atoms with Gasteiger partial charge < -0.3 is 4.40 Å². The van der Waals surface area contributed by atoms with Crippen molar-refractivity contribution in [1.29, 1.82) is 10.5 Å². The minimum Gasteiger partial charge on any atom is -0.308 e.